The van der Waals surface area contributed by atoms with Crippen molar-refractivity contribution in [3.8, 4) is 11.5 Å². The Morgan fingerprint density at radius 1 is 0.933 bits per heavy atom. The van der Waals surface area contributed by atoms with Gasteiger partial charge in [0.1, 0.15) is 11.0 Å². The lowest BCUT2D eigenvalue weighted by atomic mass is 9.78. The lowest BCUT2D eigenvalue weighted by molar-refractivity contribution is -0.148. The van der Waals surface area contributed by atoms with E-state index in [1.165, 1.54) is 51.0 Å². The van der Waals surface area contributed by atoms with E-state index in [0.717, 1.165) is 75.5 Å². The fourth-order valence-electron chi connectivity index (χ4n) is 11.1. The number of ether oxygens (including phenoxy) is 2. The molecule has 2 aliphatic heterocycles. The number of aromatic hydroxyl groups is 1. The molecule has 2 spiro atoms. The molecule has 7 rings (SSSR count). The number of hydrogen-bond acceptors (Lipinski definition) is 11. The predicted octanol–water partition coefficient (Wildman–Crippen LogP) is 9.37. The van der Waals surface area contributed by atoms with Gasteiger partial charge in [-0.1, -0.05) is 90.1 Å². The number of aliphatic imine (C=N–C) groups is 1. The minimum absolute atomic E-state index is 0.0379. The number of amides is 1. The number of phenols is 1. The molecule has 3 saturated carbocycles. The number of fused-ring (bicyclic) bond motifs is 5. The number of aryl methyl sites for hydroxylation is 1. The maximum atomic E-state index is 14.1. The number of benzene rings is 2. The molecule has 12 heteroatoms. The van der Waals surface area contributed by atoms with Crippen LogP contribution in [-0.4, -0.2) is 75.0 Å². The average Bonchev–Trinajstić information content (AvgIpc) is 4.03. The van der Waals surface area contributed by atoms with Gasteiger partial charge < -0.3 is 35.6 Å². The number of phenolic OH excluding ortho intramolecular Hbond substituents is 1. The number of rotatable bonds is 5. The second kappa shape index (κ2) is 20.9. The molecule has 2 aromatic carbocycles. The van der Waals surface area contributed by atoms with Crippen molar-refractivity contribution in [2.24, 2.45) is 21.6 Å². The number of nitrogens with zero attached hydrogens (tertiary/aromatic N) is 2. The summed E-state index contributed by atoms with van der Waals surface area (Å²) in [7, 11) is 3.97. The van der Waals surface area contributed by atoms with E-state index in [2.05, 4.69) is 29.6 Å². The molecule has 60 heavy (non-hydrogen) atoms. The molecule has 5 N–H and O–H groups in total. The number of aliphatic hydroxyl groups is 1. The summed E-state index contributed by atoms with van der Waals surface area (Å²) in [5, 5.41) is 26.7. The minimum atomic E-state index is -0.560. The van der Waals surface area contributed by atoms with E-state index >= 15 is 0 Å². The highest BCUT2D eigenvalue weighted by Gasteiger charge is 2.57. The van der Waals surface area contributed by atoms with Gasteiger partial charge >= 0.3 is 5.97 Å². The number of guanidine groups is 1. The zero-order valence-electron chi connectivity index (χ0n) is 36.0. The van der Waals surface area contributed by atoms with E-state index in [4.69, 9.17) is 20.2 Å². The largest absolute Gasteiger partial charge is 0.504 e. The lowest BCUT2D eigenvalue weighted by Crippen LogP contribution is -2.55. The van der Waals surface area contributed by atoms with Crippen molar-refractivity contribution < 1.29 is 29.3 Å². The van der Waals surface area contributed by atoms with Gasteiger partial charge in [-0.2, -0.15) is 0 Å². The molecule has 4 bridgehead atoms. The maximum absolute atomic E-state index is 14.1. The van der Waals surface area contributed by atoms with Crippen molar-refractivity contribution in [3.63, 3.8) is 0 Å². The topological polar surface area (TPSA) is 147 Å². The van der Waals surface area contributed by atoms with E-state index in [-0.39, 0.29) is 46.0 Å². The third-order valence-electron chi connectivity index (χ3n) is 14.2. The second-order valence-electron chi connectivity index (χ2n) is 18.8. The zero-order chi connectivity index (χ0) is 42.0. The summed E-state index contributed by atoms with van der Waals surface area (Å²) in [6.45, 7) is 2.74. The van der Waals surface area contributed by atoms with Gasteiger partial charge in [0.2, 0.25) is 5.91 Å². The van der Waals surface area contributed by atoms with Crippen molar-refractivity contribution >= 4 is 39.4 Å². The van der Waals surface area contributed by atoms with E-state index in [0.29, 0.717) is 68.9 Å². The number of hydrogen-bond donors (Lipinski definition) is 4. The van der Waals surface area contributed by atoms with Gasteiger partial charge in [0.05, 0.1) is 12.2 Å². The van der Waals surface area contributed by atoms with Gasteiger partial charge in [-0.05, 0) is 114 Å². The van der Waals surface area contributed by atoms with Crippen LogP contribution in [0.5, 0.6) is 11.5 Å². The summed E-state index contributed by atoms with van der Waals surface area (Å²) in [5.41, 5.74) is 9.51. The Morgan fingerprint density at radius 2 is 1.68 bits per heavy atom. The number of carbonyl (C=O) groups excluding carboxylic acids is 2. The number of esters is 1. The van der Waals surface area contributed by atoms with Crippen LogP contribution in [0.2, 0.25) is 0 Å². The van der Waals surface area contributed by atoms with Gasteiger partial charge in [-0.15, -0.1) is 0 Å². The Bertz CT molecular complexity index is 1760. The summed E-state index contributed by atoms with van der Waals surface area (Å²) >= 11 is 0. The van der Waals surface area contributed by atoms with E-state index in [9.17, 15) is 19.8 Å². The van der Waals surface area contributed by atoms with Crippen molar-refractivity contribution in [1.82, 2.24) is 10.2 Å². The highest BCUT2D eigenvalue weighted by Crippen LogP contribution is 2.63. The standard InChI is InChI=1S/C48H70N4O6S2/c1-35(53)57-41-20-19-37-28-38(44(56)42(29-37)58-40-17-8-9-18-40)33-52-34-46(32-43(52)55,31-36-14-5-4-6-15-36)25-26-50-45(49)51-48(24-13-23-47(48)21-10-11-22-47)60-59-27-12-3-2-7-16-39(54)30-41/h4-6,14-15,28-29,39-41,54,56H,2-3,7-13,16-27,30-34H2,1H3,(H3,49,50,51)/t39-,41+,46+,48-/m0/s1. The normalized spacial score (nSPS) is 29.1. The molecule has 2 aromatic rings. The van der Waals surface area contributed by atoms with Crippen LogP contribution in [0.4, 0.5) is 0 Å². The SMILES string of the molecule is CC(=O)O[C@@H]1CCc2cc(c(O)c(OC3CCCC3)c2)CN2C[C@@](Cc3ccccc3)(CCN=C(N)N[C@@]3(CCCC34CCCC4)SSCCCCCC[C@H](O)C1)CC2=O. The average molecular weight is 863 g/mol. The fraction of sp³-hybridized carbons (Fsp3) is 0.688. The highest BCUT2D eigenvalue weighted by molar-refractivity contribution is 8.77. The molecule has 5 aliphatic rings. The first kappa shape index (κ1) is 44.9. The van der Waals surface area contributed by atoms with Crippen LogP contribution in [0, 0.1) is 10.8 Å². The number of nitrogens with one attached hydrogen (secondary N) is 1. The Hall–Kier alpha value is -3.09. The van der Waals surface area contributed by atoms with Crippen LogP contribution in [0.15, 0.2) is 47.5 Å². The second-order valence-corrected chi connectivity index (χ2v) is 21.5. The molecule has 4 fully saturated rings. The monoisotopic (exact) mass is 862 g/mol. The third kappa shape index (κ3) is 11.5. The number of carbonyl (C=O) groups is 2. The van der Waals surface area contributed by atoms with E-state index < -0.39 is 12.2 Å². The van der Waals surface area contributed by atoms with E-state index in [1.807, 2.05) is 44.7 Å². The van der Waals surface area contributed by atoms with E-state index in [1.54, 1.807) is 0 Å². The number of aliphatic hydroxyl groups excluding tert-OH is 1. The van der Waals surface area contributed by atoms with Crippen molar-refractivity contribution in [3.05, 3.63) is 59.2 Å². The molecule has 2 heterocycles. The molecule has 4 atom stereocenters. The minimum Gasteiger partial charge on any atom is -0.504 e. The van der Waals surface area contributed by atoms with Crippen molar-refractivity contribution in [2.45, 2.75) is 178 Å². The van der Waals surface area contributed by atoms with Gasteiger partial charge in [0.25, 0.3) is 0 Å². The van der Waals surface area contributed by atoms with Crippen LogP contribution >= 0.6 is 21.6 Å². The Morgan fingerprint density at radius 3 is 2.47 bits per heavy atom. The summed E-state index contributed by atoms with van der Waals surface area (Å²) in [6, 6.07) is 14.3. The van der Waals surface area contributed by atoms with Gasteiger partial charge in [0.15, 0.2) is 17.5 Å². The molecule has 330 valence electrons. The summed E-state index contributed by atoms with van der Waals surface area (Å²) in [4.78, 5) is 33.1. The van der Waals surface area contributed by atoms with Gasteiger partial charge in [-0.3, -0.25) is 14.6 Å². The maximum Gasteiger partial charge on any atom is 0.302 e. The Labute approximate surface area is 366 Å². The zero-order valence-corrected chi connectivity index (χ0v) is 37.6. The van der Waals surface area contributed by atoms with Crippen LogP contribution in [0.1, 0.15) is 152 Å². The first-order valence-electron chi connectivity index (χ1n) is 23.1. The smallest absolute Gasteiger partial charge is 0.302 e. The van der Waals surface area contributed by atoms with Crippen LogP contribution in [0.3, 0.4) is 0 Å². The quantitative estimate of drug-likeness (QED) is 0.169. The van der Waals surface area contributed by atoms with Crippen LogP contribution in [0.25, 0.3) is 0 Å². The highest BCUT2D eigenvalue weighted by atomic mass is 33.1. The molecule has 10 nitrogen and oxygen atoms in total. The third-order valence-corrected chi connectivity index (χ3v) is 17.5. The molecule has 0 unspecified atom stereocenters. The molecular weight excluding hydrogens is 793 g/mol. The van der Waals surface area contributed by atoms with Crippen molar-refractivity contribution in [2.75, 3.05) is 18.8 Å². The molecule has 1 saturated heterocycles. The fourth-order valence-corrected chi connectivity index (χ4v) is 14.7. The Balaban J connectivity index is 1.17. The molecule has 1 amide bonds. The first-order chi connectivity index (χ1) is 29.0. The molecule has 3 aliphatic carbocycles. The van der Waals surface area contributed by atoms with Gasteiger partial charge in [-0.25, -0.2) is 0 Å². The van der Waals surface area contributed by atoms with Crippen LogP contribution < -0.4 is 15.8 Å². The predicted molar refractivity (Wildman–Crippen MR) is 243 cm³/mol. The van der Waals surface area contributed by atoms with Gasteiger partial charge in [0, 0.05) is 61.5 Å². The van der Waals surface area contributed by atoms with Crippen molar-refractivity contribution in [1.29, 1.82) is 0 Å². The Kier molecular flexibility index (Phi) is 15.6. The first-order valence-corrected chi connectivity index (χ1v) is 25.4. The molecule has 0 aromatic heterocycles. The summed E-state index contributed by atoms with van der Waals surface area (Å²) in [5.74, 6) is 1.82. The lowest BCUT2D eigenvalue weighted by Gasteiger charge is -2.44. The van der Waals surface area contributed by atoms with Crippen LogP contribution in [-0.2, 0) is 33.7 Å². The molecule has 0 radical (unpaired) electrons. The summed E-state index contributed by atoms with van der Waals surface area (Å²) in [6.07, 6.45) is 19.8. The summed E-state index contributed by atoms with van der Waals surface area (Å²) < 4.78 is 12.2. The molecular formula is C48H70N4O6S2. The number of nitrogens with two attached hydrogens (primary N) is 1.